The normalized spacial score (nSPS) is 18.4. The van der Waals surface area contributed by atoms with E-state index in [1.165, 1.54) is 5.56 Å². The number of aromatic nitrogens is 2. The number of carbonyl (C=O) groups is 1. The first kappa shape index (κ1) is 13.8. The number of hydrogen-bond acceptors (Lipinski definition) is 3. The van der Waals surface area contributed by atoms with E-state index in [2.05, 4.69) is 27.9 Å². The summed E-state index contributed by atoms with van der Waals surface area (Å²) in [5.74, 6) is 0.0361. The molecule has 2 N–H and O–H groups in total. The van der Waals surface area contributed by atoms with Gasteiger partial charge in [0, 0.05) is 6.20 Å². The molecular weight excluding hydrogens is 264 g/mol. The van der Waals surface area contributed by atoms with Crippen LogP contribution in [-0.4, -0.2) is 28.3 Å². The van der Waals surface area contributed by atoms with E-state index in [-0.39, 0.29) is 11.9 Å². The van der Waals surface area contributed by atoms with Gasteiger partial charge in [-0.25, -0.2) is 0 Å². The van der Waals surface area contributed by atoms with Gasteiger partial charge in [-0.1, -0.05) is 36.8 Å². The first-order valence-electron chi connectivity index (χ1n) is 7.42. The third-order valence-corrected chi connectivity index (χ3v) is 3.71. The number of nitrogens with one attached hydrogen (secondary N) is 2. The molecule has 0 saturated carbocycles. The number of benzene rings is 1. The summed E-state index contributed by atoms with van der Waals surface area (Å²) < 4.78 is 1.83. The molecule has 1 aromatic heterocycles. The van der Waals surface area contributed by atoms with Crippen molar-refractivity contribution in [2.24, 2.45) is 0 Å². The Bertz CT molecular complexity index is 587. The van der Waals surface area contributed by atoms with Crippen molar-refractivity contribution in [2.75, 3.05) is 11.9 Å². The van der Waals surface area contributed by atoms with Crippen LogP contribution in [0.4, 0.5) is 5.69 Å². The van der Waals surface area contributed by atoms with Crippen molar-refractivity contribution in [3.05, 3.63) is 48.3 Å². The van der Waals surface area contributed by atoms with E-state index in [0.717, 1.165) is 31.5 Å². The molecule has 3 rings (SSSR count). The van der Waals surface area contributed by atoms with Gasteiger partial charge < -0.3 is 10.6 Å². The zero-order valence-corrected chi connectivity index (χ0v) is 12.0. The molecule has 0 aliphatic carbocycles. The van der Waals surface area contributed by atoms with Crippen molar-refractivity contribution in [3.8, 4) is 0 Å². The van der Waals surface area contributed by atoms with Crippen LogP contribution in [0, 0.1) is 0 Å². The molecule has 0 spiro atoms. The Morgan fingerprint density at radius 2 is 2.19 bits per heavy atom. The fourth-order valence-corrected chi connectivity index (χ4v) is 2.59. The van der Waals surface area contributed by atoms with Crippen molar-refractivity contribution in [1.82, 2.24) is 15.1 Å². The summed E-state index contributed by atoms with van der Waals surface area (Å²) in [4.78, 5) is 12.1. The van der Waals surface area contributed by atoms with Crippen molar-refractivity contribution >= 4 is 11.6 Å². The molecule has 0 unspecified atom stereocenters. The molecule has 2 heterocycles. The minimum Gasteiger partial charge on any atom is -0.322 e. The molecule has 1 aromatic carbocycles. The summed E-state index contributed by atoms with van der Waals surface area (Å²) in [7, 11) is 0. The molecule has 1 amide bonds. The first-order chi connectivity index (χ1) is 10.3. The number of nitrogens with zero attached hydrogens (tertiary/aromatic N) is 2. The second kappa shape index (κ2) is 6.54. The average molecular weight is 284 g/mol. The minimum absolute atomic E-state index is 0.0361. The highest BCUT2D eigenvalue weighted by Crippen LogP contribution is 2.12. The Balaban J connectivity index is 1.58. The fraction of sp³-hybridized carbons (Fsp3) is 0.375. The third kappa shape index (κ3) is 3.70. The topological polar surface area (TPSA) is 59.0 Å². The van der Waals surface area contributed by atoms with Gasteiger partial charge in [0.2, 0.25) is 5.91 Å². The standard InChI is InChI=1S/C16H20N4O/c21-16(15-8-4-5-9-17-15)19-14-10-18-20(12-14)11-13-6-2-1-3-7-13/h1-3,6-7,10,12,15,17H,4-5,8-9,11H2,(H,19,21)/t15-/m0/s1. The van der Waals surface area contributed by atoms with Crippen molar-refractivity contribution in [1.29, 1.82) is 0 Å². The Kier molecular flexibility index (Phi) is 4.31. The molecule has 1 saturated heterocycles. The van der Waals surface area contributed by atoms with E-state index in [1.54, 1.807) is 6.20 Å². The molecule has 1 atom stereocenters. The lowest BCUT2D eigenvalue weighted by Gasteiger charge is -2.22. The fourth-order valence-electron chi connectivity index (χ4n) is 2.59. The lowest BCUT2D eigenvalue weighted by atomic mass is 10.0. The number of hydrogen-bond donors (Lipinski definition) is 2. The van der Waals surface area contributed by atoms with Crippen molar-refractivity contribution in [3.63, 3.8) is 0 Å². The summed E-state index contributed by atoms with van der Waals surface area (Å²) in [6.45, 7) is 1.63. The Labute approximate surface area is 124 Å². The van der Waals surface area contributed by atoms with Crippen LogP contribution in [0.2, 0.25) is 0 Å². The average Bonchev–Trinajstić information content (AvgIpc) is 2.96. The zero-order valence-electron chi connectivity index (χ0n) is 12.0. The smallest absolute Gasteiger partial charge is 0.241 e. The van der Waals surface area contributed by atoms with Crippen LogP contribution in [-0.2, 0) is 11.3 Å². The van der Waals surface area contributed by atoms with Gasteiger partial charge in [0.15, 0.2) is 0 Å². The summed E-state index contributed by atoms with van der Waals surface area (Å²) >= 11 is 0. The molecule has 2 aromatic rings. The van der Waals surface area contributed by atoms with E-state index in [1.807, 2.05) is 29.1 Å². The molecule has 1 aliphatic heterocycles. The van der Waals surface area contributed by atoms with E-state index in [9.17, 15) is 4.79 Å². The predicted molar refractivity (Wildman–Crippen MR) is 82.0 cm³/mol. The highest BCUT2D eigenvalue weighted by atomic mass is 16.2. The predicted octanol–water partition coefficient (Wildman–Crippen LogP) is 2.01. The minimum atomic E-state index is -0.0729. The van der Waals surface area contributed by atoms with Crippen LogP contribution in [0.5, 0.6) is 0 Å². The molecule has 0 radical (unpaired) electrons. The molecule has 21 heavy (non-hydrogen) atoms. The molecule has 1 aliphatic rings. The molecule has 5 nitrogen and oxygen atoms in total. The van der Waals surface area contributed by atoms with Crippen LogP contribution in [0.15, 0.2) is 42.7 Å². The summed E-state index contributed by atoms with van der Waals surface area (Å²) in [5.41, 5.74) is 1.94. The maximum atomic E-state index is 12.1. The van der Waals surface area contributed by atoms with Gasteiger partial charge in [0.1, 0.15) is 0 Å². The second-order valence-electron chi connectivity index (χ2n) is 5.40. The van der Waals surface area contributed by atoms with Gasteiger partial charge in [-0.15, -0.1) is 0 Å². The number of amides is 1. The highest BCUT2D eigenvalue weighted by molar-refractivity contribution is 5.94. The molecule has 5 heteroatoms. The van der Waals surface area contributed by atoms with Gasteiger partial charge in [-0.3, -0.25) is 9.48 Å². The van der Waals surface area contributed by atoms with Crippen LogP contribution >= 0.6 is 0 Å². The lowest BCUT2D eigenvalue weighted by Crippen LogP contribution is -2.43. The zero-order chi connectivity index (χ0) is 14.5. The van der Waals surface area contributed by atoms with Crippen LogP contribution in [0.3, 0.4) is 0 Å². The van der Waals surface area contributed by atoms with E-state index < -0.39 is 0 Å². The van der Waals surface area contributed by atoms with Gasteiger partial charge in [-0.2, -0.15) is 5.10 Å². The second-order valence-corrected chi connectivity index (χ2v) is 5.40. The number of piperidine rings is 1. The maximum absolute atomic E-state index is 12.1. The quantitative estimate of drug-likeness (QED) is 0.903. The van der Waals surface area contributed by atoms with Crippen LogP contribution < -0.4 is 10.6 Å². The first-order valence-corrected chi connectivity index (χ1v) is 7.42. The summed E-state index contributed by atoms with van der Waals surface area (Å²) in [5, 5.41) is 10.5. The Hall–Kier alpha value is -2.14. The SMILES string of the molecule is O=C(Nc1cnn(Cc2ccccc2)c1)[C@@H]1CCCCN1. The van der Waals surface area contributed by atoms with Gasteiger partial charge in [0.25, 0.3) is 0 Å². The Morgan fingerprint density at radius 1 is 1.33 bits per heavy atom. The van der Waals surface area contributed by atoms with E-state index in [4.69, 9.17) is 0 Å². The highest BCUT2D eigenvalue weighted by Gasteiger charge is 2.20. The van der Waals surface area contributed by atoms with E-state index in [0.29, 0.717) is 6.54 Å². The maximum Gasteiger partial charge on any atom is 0.241 e. The molecule has 1 fully saturated rings. The lowest BCUT2D eigenvalue weighted by molar-refractivity contribution is -0.118. The van der Waals surface area contributed by atoms with Gasteiger partial charge in [-0.05, 0) is 24.9 Å². The monoisotopic (exact) mass is 284 g/mol. The Morgan fingerprint density at radius 3 is 2.95 bits per heavy atom. The molecule has 0 bridgehead atoms. The molecular formula is C16H20N4O. The largest absolute Gasteiger partial charge is 0.322 e. The third-order valence-electron chi connectivity index (χ3n) is 3.71. The molecule has 110 valence electrons. The van der Waals surface area contributed by atoms with E-state index >= 15 is 0 Å². The summed E-state index contributed by atoms with van der Waals surface area (Å²) in [6.07, 6.45) is 6.73. The number of rotatable bonds is 4. The van der Waals surface area contributed by atoms with Crippen LogP contribution in [0.1, 0.15) is 24.8 Å². The van der Waals surface area contributed by atoms with Gasteiger partial charge in [0.05, 0.1) is 24.5 Å². The van der Waals surface area contributed by atoms with Gasteiger partial charge >= 0.3 is 0 Å². The number of anilines is 1. The van der Waals surface area contributed by atoms with Crippen LogP contribution in [0.25, 0.3) is 0 Å². The number of carbonyl (C=O) groups excluding carboxylic acids is 1. The summed E-state index contributed by atoms with van der Waals surface area (Å²) in [6, 6.07) is 10.1. The van der Waals surface area contributed by atoms with Crippen molar-refractivity contribution < 1.29 is 4.79 Å². The van der Waals surface area contributed by atoms with Crippen molar-refractivity contribution in [2.45, 2.75) is 31.8 Å².